The van der Waals surface area contributed by atoms with Crippen molar-refractivity contribution >= 4 is 0 Å². The maximum absolute atomic E-state index is 12.2. The van der Waals surface area contributed by atoms with Crippen LogP contribution < -0.4 is 10.1 Å². The fraction of sp³-hybridized carbons (Fsp3) is 0.538. The third-order valence-electron chi connectivity index (χ3n) is 2.95. The van der Waals surface area contributed by atoms with Gasteiger partial charge in [-0.15, -0.1) is 0 Å². The molecule has 0 amide bonds. The van der Waals surface area contributed by atoms with Gasteiger partial charge in [0, 0.05) is 19.0 Å². The minimum Gasteiger partial charge on any atom is -0.488 e. The highest BCUT2D eigenvalue weighted by atomic mass is 19.4. The van der Waals surface area contributed by atoms with Gasteiger partial charge in [-0.1, -0.05) is 18.2 Å². The van der Waals surface area contributed by atoms with Crippen molar-refractivity contribution in [1.82, 2.24) is 5.32 Å². The highest BCUT2D eigenvalue weighted by Gasteiger charge is 2.30. The van der Waals surface area contributed by atoms with Crippen molar-refractivity contribution < 1.29 is 17.9 Å². The summed E-state index contributed by atoms with van der Waals surface area (Å²) in [6.07, 6.45) is -4.25. The zero-order valence-corrected chi connectivity index (χ0v) is 10.1. The van der Waals surface area contributed by atoms with E-state index in [1.54, 1.807) is 0 Å². The second-order valence-corrected chi connectivity index (χ2v) is 4.68. The topological polar surface area (TPSA) is 21.3 Å². The van der Waals surface area contributed by atoms with Crippen molar-refractivity contribution in [2.24, 2.45) is 0 Å². The van der Waals surface area contributed by atoms with E-state index < -0.39 is 18.6 Å². The quantitative estimate of drug-likeness (QED) is 0.897. The Morgan fingerprint density at radius 2 is 2.11 bits per heavy atom. The van der Waals surface area contributed by atoms with Crippen LogP contribution in [0.1, 0.15) is 18.9 Å². The van der Waals surface area contributed by atoms with Gasteiger partial charge in [0.2, 0.25) is 0 Å². The van der Waals surface area contributed by atoms with Crippen molar-refractivity contribution in [3.05, 3.63) is 29.8 Å². The number of ether oxygens (including phenoxy) is 1. The Morgan fingerprint density at radius 3 is 2.78 bits per heavy atom. The molecule has 1 N–H and O–H groups in total. The first-order valence-corrected chi connectivity index (χ1v) is 5.99. The van der Waals surface area contributed by atoms with Crippen LogP contribution in [-0.2, 0) is 6.42 Å². The molecule has 2 unspecified atom stereocenters. The molecule has 2 nitrogen and oxygen atoms in total. The Labute approximate surface area is 104 Å². The van der Waals surface area contributed by atoms with E-state index in [1.165, 1.54) is 6.92 Å². The van der Waals surface area contributed by atoms with Crippen LogP contribution in [0.4, 0.5) is 13.2 Å². The molecule has 0 bridgehead atoms. The van der Waals surface area contributed by atoms with Gasteiger partial charge in [-0.05, 0) is 18.6 Å². The summed E-state index contributed by atoms with van der Waals surface area (Å²) in [4.78, 5) is 0. The van der Waals surface area contributed by atoms with Gasteiger partial charge >= 0.3 is 6.18 Å². The van der Waals surface area contributed by atoms with E-state index in [0.717, 1.165) is 17.7 Å². The summed E-state index contributed by atoms with van der Waals surface area (Å²) in [7, 11) is 0. The molecule has 0 saturated heterocycles. The van der Waals surface area contributed by atoms with Crippen molar-refractivity contribution in [2.45, 2.75) is 38.1 Å². The second-order valence-electron chi connectivity index (χ2n) is 4.68. The molecule has 2 rings (SSSR count). The van der Waals surface area contributed by atoms with Crippen molar-refractivity contribution in [2.75, 3.05) is 6.54 Å². The average Bonchev–Trinajstić information content (AvgIpc) is 2.66. The molecular formula is C13H16F3NO. The summed E-state index contributed by atoms with van der Waals surface area (Å²) in [5, 5.41) is 2.87. The lowest BCUT2D eigenvalue weighted by Gasteiger charge is -2.18. The smallest absolute Gasteiger partial charge is 0.390 e. The number of para-hydroxylation sites is 1. The van der Waals surface area contributed by atoms with Crippen molar-refractivity contribution in [3.63, 3.8) is 0 Å². The Kier molecular flexibility index (Phi) is 3.80. The predicted molar refractivity (Wildman–Crippen MR) is 62.7 cm³/mol. The molecule has 0 aliphatic carbocycles. The Morgan fingerprint density at radius 1 is 1.39 bits per heavy atom. The zero-order valence-electron chi connectivity index (χ0n) is 10.1. The first-order chi connectivity index (χ1) is 8.44. The summed E-state index contributed by atoms with van der Waals surface area (Å²) >= 11 is 0. The SMILES string of the molecule is CC(CC(F)(F)F)NCC1Cc2ccccc2O1. The molecule has 0 saturated carbocycles. The van der Waals surface area contributed by atoms with Crippen LogP contribution in [0.5, 0.6) is 5.75 Å². The van der Waals surface area contributed by atoms with Crippen LogP contribution in [0.25, 0.3) is 0 Å². The molecule has 1 aromatic carbocycles. The molecule has 1 aliphatic rings. The normalized spacial score (nSPS) is 20.3. The highest BCUT2D eigenvalue weighted by Crippen LogP contribution is 2.28. The van der Waals surface area contributed by atoms with E-state index in [4.69, 9.17) is 4.74 Å². The van der Waals surface area contributed by atoms with Gasteiger partial charge in [0.1, 0.15) is 11.9 Å². The van der Waals surface area contributed by atoms with E-state index in [-0.39, 0.29) is 6.10 Å². The van der Waals surface area contributed by atoms with Crippen LogP contribution >= 0.6 is 0 Å². The molecule has 2 atom stereocenters. The van der Waals surface area contributed by atoms with E-state index in [0.29, 0.717) is 6.54 Å². The molecule has 5 heteroatoms. The van der Waals surface area contributed by atoms with E-state index in [1.807, 2.05) is 24.3 Å². The lowest BCUT2D eigenvalue weighted by Crippen LogP contribution is -2.38. The lowest BCUT2D eigenvalue weighted by atomic mass is 10.1. The number of fused-ring (bicyclic) bond motifs is 1. The minimum atomic E-state index is -4.12. The summed E-state index contributed by atoms with van der Waals surface area (Å²) in [5.41, 5.74) is 1.12. The molecule has 0 fully saturated rings. The van der Waals surface area contributed by atoms with Crippen LogP contribution in [0.2, 0.25) is 0 Å². The maximum Gasteiger partial charge on any atom is 0.390 e. The van der Waals surface area contributed by atoms with Gasteiger partial charge in [0.05, 0.1) is 6.42 Å². The molecule has 1 aromatic rings. The third kappa shape index (κ3) is 3.63. The van der Waals surface area contributed by atoms with Gasteiger partial charge < -0.3 is 10.1 Å². The molecule has 1 aliphatic heterocycles. The fourth-order valence-electron chi connectivity index (χ4n) is 2.12. The molecule has 0 radical (unpaired) electrons. The van der Waals surface area contributed by atoms with Gasteiger partial charge in [-0.25, -0.2) is 0 Å². The van der Waals surface area contributed by atoms with Gasteiger partial charge in [0.15, 0.2) is 0 Å². The number of hydrogen-bond donors (Lipinski definition) is 1. The average molecular weight is 259 g/mol. The first-order valence-electron chi connectivity index (χ1n) is 5.99. The van der Waals surface area contributed by atoms with Gasteiger partial charge in [-0.3, -0.25) is 0 Å². The van der Waals surface area contributed by atoms with Crippen LogP contribution in [0, 0.1) is 0 Å². The Bertz CT molecular complexity index is 380. The first kappa shape index (κ1) is 13.2. The Hall–Kier alpha value is -1.23. The van der Waals surface area contributed by atoms with E-state index in [2.05, 4.69) is 5.32 Å². The number of nitrogens with one attached hydrogen (secondary N) is 1. The summed E-state index contributed by atoms with van der Waals surface area (Å²) in [6.45, 7) is 1.97. The fourth-order valence-corrected chi connectivity index (χ4v) is 2.12. The van der Waals surface area contributed by atoms with Gasteiger partial charge in [-0.2, -0.15) is 13.2 Å². The number of hydrogen-bond acceptors (Lipinski definition) is 2. The maximum atomic E-state index is 12.2. The summed E-state index contributed by atoms with van der Waals surface area (Å²) in [6, 6.07) is 7.10. The highest BCUT2D eigenvalue weighted by molar-refractivity contribution is 5.37. The Balaban J connectivity index is 1.77. The third-order valence-corrected chi connectivity index (χ3v) is 2.95. The monoisotopic (exact) mass is 259 g/mol. The minimum absolute atomic E-state index is 0.0712. The molecule has 1 heterocycles. The van der Waals surface area contributed by atoms with E-state index >= 15 is 0 Å². The summed E-state index contributed by atoms with van der Waals surface area (Å²) in [5.74, 6) is 0.841. The molecule has 0 aromatic heterocycles. The molecule has 18 heavy (non-hydrogen) atoms. The molecule has 0 spiro atoms. The van der Waals surface area contributed by atoms with Crippen LogP contribution in [0.3, 0.4) is 0 Å². The number of halogens is 3. The van der Waals surface area contributed by atoms with Crippen molar-refractivity contribution in [3.8, 4) is 5.75 Å². The molecule has 100 valence electrons. The van der Waals surface area contributed by atoms with Crippen LogP contribution in [0.15, 0.2) is 24.3 Å². The van der Waals surface area contributed by atoms with Crippen molar-refractivity contribution in [1.29, 1.82) is 0 Å². The molecular weight excluding hydrogens is 243 g/mol. The van der Waals surface area contributed by atoms with Crippen LogP contribution in [-0.4, -0.2) is 24.9 Å². The van der Waals surface area contributed by atoms with E-state index in [9.17, 15) is 13.2 Å². The second kappa shape index (κ2) is 5.18. The number of rotatable bonds is 4. The number of benzene rings is 1. The predicted octanol–water partition coefficient (Wildman–Crippen LogP) is 2.92. The summed E-state index contributed by atoms with van der Waals surface area (Å²) < 4.78 is 42.1. The lowest BCUT2D eigenvalue weighted by molar-refractivity contribution is -0.139. The largest absolute Gasteiger partial charge is 0.488 e. The zero-order chi connectivity index (χ0) is 13.2. The standard InChI is InChI=1S/C13H16F3NO/c1-9(7-13(14,15)16)17-8-11-6-10-4-2-3-5-12(10)18-11/h2-5,9,11,17H,6-8H2,1H3. The number of alkyl halides is 3. The van der Waals surface area contributed by atoms with Gasteiger partial charge in [0.25, 0.3) is 0 Å².